The van der Waals surface area contributed by atoms with E-state index in [1.807, 2.05) is 11.3 Å². The van der Waals surface area contributed by atoms with Crippen LogP contribution in [0.3, 0.4) is 0 Å². The highest BCUT2D eigenvalue weighted by molar-refractivity contribution is 7.26. The van der Waals surface area contributed by atoms with E-state index in [0.29, 0.717) is 0 Å². The van der Waals surface area contributed by atoms with Crippen molar-refractivity contribution in [2.45, 2.75) is 0 Å². The van der Waals surface area contributed by atoms with Gasteiger partial charge in [0.2, 0.25) is 0 Å². The summed E-state index contributed by atoms with van der Waals surface area (Å²) in [6, 6.07) is 73.0. The minimum Gasteiger partial charge on any atom is -0.310 e. The summed E-state index contributed by atoms with van der Waals surface area (Å²) in [5.41, 5.74) is 10.7. The highest BCUT2D eigenvalue weighted by Gasteiger charge is 2.19. The summed E-state index contributed by atoms with van der Waals surface area (Å²) in [7, 11) is 0. The monoisotopic (exact) mass is 679 g/mol. The third kappa shape index (κ3) is 5.42. The van der Waals surface area contributed by atoms with Crippen LogP contribution < -0.4 is 4.90 Å². The summed E-state index contributed by atoms with van der Waals surface area (Å²) < 4.78 is 2.59. The van der Waals surface area contributed by atoms with Gasteiger partial charge in [0.1, 0.15) is 0 Å². The van der Waals surface area contributed by atoms with Crippen LogP contribution in [0.4, 0.5) is 17.1 Å². The van der Waals surface area contributed by atoms with Crippen LogP contribution in [-0.4, -0.2) is 0 Å². The lowest BCUT2D eigenvalue weighted by molar-refractivity contribution is 1.30. The summed E-state index contributed by atoms with van der Waals surface area (Å²) >= 11 is 1.87. The van der Waals surface area contributed by atoms with Crippen LogP contribution >= 0.6 is 11.3 Å². The third-order valence-electron chi connectivity index (χ3n) is 10.2. The molecule has 0 bridgehead atoms. The maximum Gasteiger partial charge on any atom is 0.0554 e. The number of thiophene rings is 1. The van der Waals surface area contributed by atoms with Gasteiger partial charge in [-0.25, -0.2) is 0 Å². The van der Waals surface area contributed by atoms with Gasteiger partial charge in [0.25, 0.3) is 0 Å². The van der Waals surface area contributed by atoms with Crippen LogP contribution in [0.2, 0.25) is 0 Å². The fraction of sp³-hybridized carbons (Fsp3) is 0. The zero-order valence-electron chi connectivity index (χ0n) is 28.4. The molecule has 52 heavy (non-hydrogen) atoms. The average molecular weight is 680 g/mol. The van der Waals surface area contributed by atoms with Crippen molar-refractivity contribution < 1.29 is 0 Å². The predicted molar refractivity (Wildman–Crippen MR) is 225 cm³/mol. The Bertz CT molecular complexity index is 2890. The summed E-state index contributed by atoms with van der Waals surface area (Å²) in [5, 5.41) is 7.61. The van der Waals surface area contributed by atoms with Gasteiger partial charge in [-0.1, -0.05) is 146 Å². The quantitative estimate of drug-likeness (QED) is 0.169. The van der Waals surface area contributed by atoms with Crippen molar-refractivity contribution in [1.82, 2.24) is 0 Å². The molecule has 1 aromatic heterocycles. The molecule has 9 aromatic carbocycles. The van der Waals surface area contributed by atoms with Crippen molar-refractivity contribution >= 4 is 70.1 Å². The Morgan fingerprint density at radius 2 is 0.846 bits per heavy atom. The van der Waals surface area contributed by atoms with E-state index < -0.39 is 0 Å². The van der Waals surface area contributed by atoms with E-state index in [9.17, 15) is 0 Å². The molecule has 1 heterocycles. The Balaban J connectivity index is 1.12. The fourth-order valence-corrected chi connectivity index (χ4v) is 8.75. The summed E-state index contributed by atoms with van der Waals surface area (Å²) in [6.45, 7) is 0. The number of fused-ring (bicyclic) bond motifs is 5. The van der Waals surface area contributed by atoms with Gasteiger partial charge in [-0.2, -0.15) is 0 Å². The van der Waals surface area contributed by atoms with Crippen molar-refractivity contribution in [3.63, 3.8) is 0 Å². The molecule has 0 aliphatic heterocycles. The number of nitrogens with zero attached hydrogens (tertiary/aromatic N) is 1. The topological polar surface area (TPSA) is 3.24 Å². The van der Waals surface area contributed by atoms with Gasteiger partial charge >= 0.3 is 0 Å². The van der Waals surface area contributed by atoms with Crippen LogP contribution in [-0.2, 0) is 0 Å². The van der Waals surface area contributed by atoms with Crippen LogP contribution in [0, 0.1) is 0 Å². The SMILES string of the molecule is c1ccc(-c2ccc(-c3ccc(N(c4cccc(-c5ccc6ccccc6c5)c4)c4cccc5sc6cc7ccccc7cc6c45)cc3)cc2)cc1. The highest BCUT2D eigenvalue weighted by atomic mass is 32.1. The van der Waals surface area contributed by atoms with E-state index in [1.54, 1.807) is 0 Å². The predicted octanol–water partition coefficient (Wildman–Crippen LogP) is 14.8. The molecule has 0 fully saturated rings. The molecule has 0 saturated carbocycles. The molecule has 0 amide bonds. The molecular formula is C50H33NS. The van der Waals surface area contributed by atoms with Crippen LogP contribution in [0.15, 0.2) is 200 Å². The second kappa shape index (κ2) is 12.7. The Labute approximate surface area is 307 Å². The van der Waals surface area contributed by atoms with Crippen molar-refractivity contribution in [2.24, 2.45) is 0 Å². The first-order valence-electron chi connectivity index (χ1n) is 17.7. The van der Waals surface area contributed by atoms with Crippen LogP contribution in [0.25, 0.3) is 75.1 Å². The molecular weight excluding hydrogens is 647 g/mol. The molecule has 0 radical (unpaired) electrons. The molecule has 0 spiro atoms. The zero-order chi connectivity index (χ0) is 34.4. The largest absolute Gasteiger partial charge is 0.310 e. The van der Waals surface area contributed by atoms with Gasteiger partial charge in [-0.05, 0) is 110 Å². The van der Waals surface area contributed by atoms with Gasteiger partial charge in [-0.3, -0.25) is 0 Å². The molecule has 0 atom stereocenters. The van der Waals surface area contributed by atoms with E-state index >= 15 is 0 Å². The first-order valence-corrected chi connectivity index (χ1v) is 18.6. The number of rotatable bonds is 6. The Morgan fingerprint density at radius 1 is 0.308 bits per heavy atom. The van der Waals surface area contributed by atoms with Gasteiger partial charge in [0, 0.05) is 31.5 Å². The lowest BCUT2D eigenvalue weighted by Gasteiger charge is -2.27. The van der Waals surface area contributed by atoms with Gasteiger partial charge in [0.05, 0.1) is 5.69 Å². The number of anilines is 3. The van der Waals surface area contributed by atoms with Crippen molar-refractivity contribution in [1.29, 1.82) is 0 Å². The van der Waals surface area contributed by atoms with Gasteiger partial charge < -0.3 is 4.90 Å². The molecule has 10 rings (SSSR count). The van der Waals surface area contributed by atoms with E-state index in [4.69, 9.17) is 0 Å². The molecule has 0 N–H and O–H groups in total. The number of hydrogen-bond acceptors (Lipinski definition) is 2. The standard InChI is InChI=1S/C50H33NS/c1-2-10-34(11-3-1)36-20-22-37(23-21-36)38-26-28-44(29-27-38)51(45-17-8-16-40(31-45)43-25-24-35-12-4-5-13-39(35)30-43)47-18-9-19-48-50(47)46-32-41-14-6-7-15-42(41)33-49(46)52-48/h1-33H. The van der Waals surface area contributed by atoms with E-state index in [-0.39, 0.29) is 0 Å². The lowest BCUT2D eigenvalue weighted by Crippen LogP contribution is -2.10. The smallest absolute Gasteiger partial charge is 0.0554 e. The molecule has 10 aromatic rings. The summed E-state index contributed by atoms with van der Waals surface area (Å²) in [4.78, 5) is 2.44. The van der Waals surface area contributed by atoms with E-state index in [1.165, 1.54) is 80.8 Å². The molecule has 0 unspecified atom stereocenters. The van der Waals surface area contributed by atoms with Crippen molar-refractivity contribution in [2.75, 3.05) is 4.90 Å². The minimum atomic E-state index is 1.12. The van der Waals surface area contributed by atoms with Gasteiger partial charge in [-0.15, -0.1) is 11.3 Å². The second-order valence-corrected chi connectivity index (χ2v) is 14.5. The maximum atomic E-state index is 2.44. The fourth-order valence-electron chi connectivity index (χ4n) is 7.59. The summed E-state index contributed by atoms with van der Waals surface area (Å²) in [6.07, 6.45) is 0. The normalized spacial score (nSPS) is 11.5. The molecule has 0 saturated heterocycles. The lowest BCUT2D eigenvalue weighted by atomic mass is 9.99. The number of hydrogen-bond donors (Lipinski definition) is 0. The Hall–Kier alpha value is -6.48. The zero-order valence-corrected chi connectivity index (χ0v) is 29.2. The Morgan fingerprint density at radius 3 is 1.58 bits per heavy atom. The van der Waals surface area contributed by atoms with E-state index in [2.05, 4.69) is 205 Å². The van der Waals surface area contributed by atoms with Crippen molar-refractivity contribution in [3.8, 4) is 33.4 Å². The minimum absolute atomic E-state index is 1.12. The van der Waals surface area contributed by atoms with E-state index in [0.717, 1.165) is 11.4 Å². The van der Waals surface area contributed by atoms with Crippen LogP contribution in [0.5, 0.6) is 0 Å². The van der Waals surface area contributed by atoms with Crippen molar-refractivity contribution in [3.05, 3.63) is 200 Å². The summed E-state index contributed by atoms with van der Waals surface area (Å²) in [5.74, 6) is 0. The number of benzene rings is 9. The Kier molecular flexibility index (Phi) is 7.41. The molecule has 244 valence electrons. The average Bonchev–Trinajstić information content (AvgIpc) is 3.58. The molecule has 2 heteroatoms. The molecule has 0 aliphatic rings. The van der Waals surface area contributed by atoms with Crippen LogP contribution in [0.1, 0.15) is 0 Å². The second-order valence-electron chi connectivity index (χ2n) is 13.4. The first kappa shape index (κ1) is 30.4. The van der Waals surface area contributed by atoms with Gasteiger partial charge in [0.15, 0.2) is 0 Å². The third-order valence-corrected chi connectivity index (χ3v) is 11.3. The molecule has 0 aliphatic carbocycles. The highest BCUT2D eigenvalue weighted by Crippen LogP contribution is 2.46. The first-order chi connectivity index (χ1) is 25.7. The molecule has 1 nitrogen and oxygen atoms in total. The maximum absolute atomic E-state index is 2.44.